The molecule has 0 bridgehead atoms. The van der Waals surface area contributed by atoms with Crippen LogP contribution in [0.3, 0.4) is 0 Å². The van der Waals surface area contributed by atoms with E-state index in [9.17, 15) is 4.79 Å². The number of ether oxygens (including phenoxy) is 1. The maximum Gasteiger partial charge on any atom is 0.304 e. The van der Waals surface area contributed by atoms with Crippen LogP contribution in [-0.4, -0.2) is 29.9 Å². The van der Waals surface area contributed by atoms with Gasteiger partial charge in [-0.25, -0.2) is 0 Å². The van der Waals surface area contributed by atoms with Crippen molar-refractivity contribution in [1.82, 2.24) is 0 Å². The SMILES string of the molecule is COc1ccc(C(CO)CC(=O)O)cc1Br. The predicted molar refractivity (Wildman–Crippen MR) is 62.8 cm³/mol. The number of hydrogen-bond donors (Lipinski definition) is 2. The van der Waals surface area contributed by atoms with Crippen LogP contribution in [0.5, 0.6) is 5.75 Å². The zero-order valence-electron chi connectivity index (χ0n) is 8.81. The van der Waals surface area contributed by atoms with Crippen molar-refractivity contribution in [3.8, 4) is 5.75 Å². The lowest BCUT2D eigenvalue weighted by molar-refractivity contribution is -0.137. The summed E-state index contributed by atoms with van der Waals surface area (Å²) in [4.78, 5) is 10.6. The molecule has 0 fully saturated rings. The first-order chi connectivity index (χ1) is 7.58. The molecule has 0 aromatic heterocycles. The zero-order chi connectivity index (χ0) is 12.1. The third-order valence-electron chi connectivity index (χ3n) is 2.29. The Balaban J connectivity index is 2.93. The normalized spacial score (nSPS) is 12.2. The number of aliphatic hydroxyl groups excluding tert-OH is 1. The lowest BCUT2D eigenvalue weighted by atomic mass is 9.97. The number of halogens is 1. The predicted octanol–water partition coefficient (Wildman–Crippen LogP) is 2.01. The molecule has 0 amide bonds. The van der Waals surface area contributed by atoms with Crippen LogP contribution in [0.1, 0.15) is 17.9 Å². The van der Waals surface area contributed by atoms with E-state index in [1.165, 1.54) is 0 Å². The van der Waals surface area contributed by atoms with Gasteiger partial charge in [0.05, 0.1) is 24.6 Å². The lowest BCUT2D eigenvalue weighted by Gasteiger charge is -2.13. The maximum atomic E-state index is 10.6. The monoisotopic (exact) mass is 288 g/mol. The van der Waals surface area contributed by atoms with E-state index in [0.717, 1.165) is 10.0 Å². The number of carboxylic acids is 1. The molecule has 2 N–H and O–H groups in total. The summed E-state index contributed by atoms with van der Waals surface area (Å²) < 4.78 is 5.82. The molecular weight excluding hydrogens is 276 g/mol. The molecule has 0 saturated carbocycles. The highest BCUT2D eigenvalue weighted by molar-refractivity contribution is 9.10. The van der Waals surface area contributed by atoms with Crippen LogP contribution < -0.4 is 4.74 Å². The molecule has 1 unspecified atom stereocenters. The van der Waals surface area contributed by atoms with Gasteiger partial charge in [-0.15, -0.1) is 0 Å². The Kier molecular flexibility index (Phi) is 4.76. The molecule has 5 heteroatoms. The number of carbonyl (C=O) groups is 1. The van der Waals surface area contributed by atoms with Gasteiger partial charge in [-0.2, -0.15) is 0 Å². The smallest absolute Gasteiger partial charge is 0.304 e. The van der Waals surface area contributed by atoms with Crippen LogP contribution in [0.25, 0.3) is 0 Å². The van der Waals surface area contributed by atoms with Gasteiger partial charge in [-0.05, 0) is 33.6 Å². The fourth-order valence-electron chi connectivity index (χ4n) is 1.44. The van der Waals surface area contributed by atoms with E-state index >= 15 is 0 Å². The Morgan fingerprint density at radius 2 is 2.25 bits per heavy atom. The van der Waals surface area contributed by atoms with Crippen molar-refractivity contribution in [3.63, 3.8) is 0 Å². The molecule has 0 heterocycles. The van der Waals surface area contributed by atoms with Gasteiger partial charge in [0.2, 0.25) is 0 Å². The second-order valence-electron chi connectivity index (χ2n) is 3.37. The standard InChI is InChI=1S/C11H13BrO4/c1-16-10-3-2-7(4-9(10)12)8(6-13)5-11(14)15/h2-4,8,13H,5-6H2,1H3,(H,14,15). The van der Waals surface area contributed by atoms with Gasteiger partial charge in [0, 0.05) is 5.92 Å². The van der Waals surface area contributed by atoms with Gasteiger partial charge in [0.15, 0.2) is 0 Å². The second kappa shape index (κ2) is 5.86. The third-order valence-corrected chi connectivity index (χ3v) is 2.91. The summed E-state index contributed by atoms with van der Waals surface area (Å²) in [5.74, 6) is -0.638. The van der Waals surface area contributed by atoms with Crippen LogP contribution in [0.4, 0.5) is 0 Å². The molecule has 1 aromatic carbocycles. The first-order valence-corrected chi connectivity index (χ1v) is 5.54. The minimum atomic E-state index is -0.925. The fraction of sp³-hybridized carbons (Fsp3) is 0.364. The van der Waals surface area contributed by atoms with Crippen molar-refractivity contribution >= 4 is 21.9 Å². The van der Waals surface area contributed by atoms with E-state index in [-0.39, 0.29) is 18.9 Å². The van der Waals surface area contributed by atoms with E-state index in [1.54, 1.807) is 25.3 Å². The second-order valence-corrected chi connectivity index (χ2v) is 4.23. The summed E-state index contributed by atoms with van der Waals surface area (Å²) in [5.41, 5.74) is 0.776. The van der Waals surface area contributed by atoms with Crippen molar-refractivity contribution in [2.45, 2.75) is 12.3 Å². The minimum absolute atomic E-state index is 0.0880. The van der Waals surface area contributed by atoms with Crippen molar-refractivity contribution in [2.75, 3.05) is 13.7 Å². The lowest BCUT2D eigenvalue weighted by Crippen LogP contribution is -2.10. The molecule has 0 saturated heterocycles. The van der Waals surface area contributed by atoms with Crippen molar-refractivity contribution in [3.05, 3.63) is 28.2 Å². The van der Waals surface area contributed by atoms with E-state index in [0.29, 0.717) is 5.75 Å². The van der Waals surface area contributed by atoms with Gasteiger partial charge in [-0.1, -0.05) is 6.07 Å². The van der Waals surface area contributed by atoms with Crippen molar-refractivity contribution in [1.29, 1.82) is 0 Å². The van der Waals surface area contributed by atoms with E-state index in [4.69, 9.17) is 14.9 Å². The Bertz CT molecular complexity index is 378. The molecule has 88 valence electrons. The molecule has 16 heavy (non-hydrogen) atoms. The van der Waals surface area contributed by atoms with Crippen molar-refractivity contribution in [2.24, 2.45) is 0 Å². The van der Waals surface area contributed by atoms with Gasteiger partial charge in [0.25, 0.3) is 0 Å². The number of carboxylic acid groups (broad SMARTS) is 1. The summed E-state index contributed by atoms with van der Waals surface area (Å²) in [5, 5.41) is 17.8. The van der Waals surface area contributed by atoms with Crippen LogP contribution in [-0.2, 0) is 4.79 Å². The van der Waals surface area contributed by atoms with Gasteiger partial charge >= 0.3 is 5.97 Å². The van der Waals surface area contributed by atoms with Crippen LogP contribution in [0.15, 0.2) is 22.7 Å². The van der Waals surface area contributed by atoms with Crippen molar-refractivity contribution < 1.29 is 19.7 Å². The van der Waals surface area contributed by atoms with Crippen LogP contribution >= 0.6 is 15.9 Å². The highest BCUT2D eigenvalue weighted by Gasteiger charge is 2.15. The average Bonchev–Trinajstić information content (AvgIpc) is 2.25. The summed E-state index contributed by atoms with van der Waals surface area (Å²) in [6, 6.07) is 5.26. The highest BCUT2D eigenvalue weighted by Crippen LogP contribution is 2.29. The topological polar surface area (TPSA) is 66.8 Å². The van der Waals surface area contributed by atoms with Gasteiger partial charge in [-0.3, -0.25) is 4.79 Å². The molecule has 0 aliphatic heterocycles. The Morgan fingerprint density at radius 3 is 2.69 bits per heavy atom. The summed E-state index contributed by atoms with van der Waals surface area (Å²) in [6.45, 7) is -0.189. The maximum absolute atomic E-state index is 10.6. The Morgan fingerprint density at radius 1 is 1.56 bits per heavy atom. The molecule has 0 radical (unpaired) electrons. The molecule has 1 atom stereocenters. The largest absolute Gasteiger partial charge is 0.496 e. The first kappa shape index (κ1) is 13.0. The minimum Gasteiger partial charge on any atom is -0.496 e. The Hall–Kier alpha value is -1.07. The van der Waals surface area contributed by atoms with Crippen LogP contribution in [0, 0.1) is 0 Å². The summed E-state index contributed by atoms with van der Waals surface area (Å²) >= 11 is 3.32. The summed E-state index contributed by atoms with van der Waals surface area (Å²) in [6.07, 6.45) is -0.0880. The van der Waals surface area contributed by atoms with Crippen LogP contribution in [0.2, 0.25) is 0 Å². The number of methoxy groups -OCH3 is 1. The molecule has 0 spiro atoms. The van der Waals surface area contributed by atoms with Gasteiger partial charge in [0.1, 0.15) is 5.75 Å². The van der Waals surface area contributed by atoms with E-state index in [2.05, 4.69) is 15.9 Å². The first-order valence-electron chi connectivity index (χ1n) is 4.74. The molecule has 0 aliphatic rings. The summed E-state index contributed by atoms with van der Waals surface area (Å²) in [7, 11) is 1.56. The fourth-order valence-corrected chi connectivity index (χ4v) is 1.99. The zero-order valence-corrected chi connectivity index (χ0v) is 10.4. The average molecular weight is 289 g/mol. The quantitative estimate of drug-likeness (QED) is 0.870. The third kappa shape index (κ3) is 3.21. The number of aliphatic hydroxyl groups is 1. The molecule has 1 aromatic rings. The molecule has 4 nitrogen and oxygen atoms in total. The molecule has 0 aliphatic carbocycles. The Labute approximate surface area is 102 Å². The number of benzene rings is 1. The molecular formula is C11H13BrO4. The number of hydrogen-bond acceptors (Lipinski definition) is 3. The van der Waals surface area contributed by atoms with E-state index < -0.39 is 5.97 Å². The molecule has 1 rings (SSSR count). The number of aliphatic carboxylic acids is 1. The number of rotatable bonds is 5. The van der Waals surface area contributed by atoms with Gasteiger partial charge < -0.3 is 14.9 Å². The highest BCUT2D eigenvalue weighted by atomic mass is 79.9. The van der Waals surface area contributed by atoms with E-state index in [1.807, 2.05) is 0 Å².